The van der Waals surface area contributed by atoms with Crippen molar-refractivity contribution in [3.8, 4) is 0 Å². The smallest absolute Gasteiger partial charge is 0.324 e. The van der Waals surface area contributed by atoms with Crippen molar-refractivity contribution in [2.45, 2.75) is 13.3 Å². The van der Waals surface area contributed by atoms with Gasteiger partial charge in [-0.2, -0.15) is 0 Å². The molecule has 0 unspecified atom stereocenters. The largest absolute Gasteiger partial charge is 0.339 e. The minimum absolute atomic E-state index is 0. The van der Waals surface area contributed by atoms with Crippen molar-refractivity contribution in [2.75, 3.05) is 19.1 Å². The van der Waals surface area contributed by atoms with E-state index in [0.717, 1.165) is 4.90 Å². The van der Waals surface area contributed by atoms with Gasteiger partial charge in [0.1, 0.15) is 12.6 Å². The van der Waals surface area contributed by atoms with Gasteiger partial charge in [0.15, 0.2) is 0 Å². The van der Waals surface area contributed by atoms with Crippen molar-refractivity contribution in [1.82, 2.24) is 4.90 Å². The van der Waals surface area contributed by atoms with Crippen molar-refractivity contribution in [1.29, 1.82) is 0 Å². The molecule has 0 bridgehead atoms. The monoisotopic (exact) mass is 403 g/mol. The second-order valence-electron chi connectivity index (χ2n) is 3.01. The molecule has 0 spiro atoms. The van der Waals surface area contributed by atoms with Gasteiger partial charge in [0.25, 0.3) is 0 Å². The second kappa shape index (κ2) is 18.6. The van der Waals surface area contributed by atoms with Crippen LogP contribution >= 0.6 is 15.2 Å². The van der Waals surface area contributed by atoms with E-state index in [1.165, 1.54) is 0 Å². The molecular formula is C5H15K4NO6P2. The van der Waals surface area contributed by atoms with Crippen molar-refractivity contribution in [3.63, 3.8) is 0 Å². The summed E-state index contributed by atoms with van der Waals surface area (Å²) in [5, 5.41) is 0. The molecule has 0 aliphatic rings. The van der Waals surface area contributed by atoms with Crippen molar-refractivity contribution < 1.29 is 28.7 Å². The molecule has 0 saturated carbocycles. The predicted molar refractivity (Wildman–Crippen MR) is 73.8 cm³/mol. The van der Waals surface area contributed by atoms with E-state index in [2.05, 4.69) is 0 Å². The van der Waals surface area contributed by atoms with Crippen LogP contribution in [0.15, 0.2) is 0 Å². The van der Waals surface area contributed by atoms with Crippen LogP contribution in [0.25, 0.3) is 0 Å². The summed E-state index contributed by atoms with van der Waals surface area (Å²) < 4.78 is 21.2. The zero-order valence-electron chi connectivity index (χ0n) is 11.8. The Morgan fingerprint density at radius 2 is 1.11 bits per heavy atom. The Hall–Kier alpha value is 6.81. The summed E-state index contributed by atoms with van der Waals surface area (Å²) in [5.41, 5.74) is 0. The van der Waals surface area contributed by atoms with E-state index < -0.39 is 27.8 Å². The number of rotatable bonds is 6. The van der Waals surface area contributed by atoms with Gasteiger partial charge in [-0.15, -0.1) is 0 Å². The van der Waals surface area contributed by atoms with E-state index in [1.54, 1.807) is 6.92 Å². The van der Waals surface area contributed by atoms with Gasteiger partial charge < -0.3 is 19.6 Å². The number of nitrogens with zero attached hydrogens (tertiary/aromatic N) is 1. The predicted octanol–water partition coefficient (Wildman–Crippen LogP) is -1.55. The summed E-state index contributed by atoms with van der Waals surface area (Å²) in [6.45, 7) is 2.00. The molecule has 7 nitrogen and oxygen atoms in total. The first kappa shape index (κ1) is 35.8. The van der Waals surface area contributed by atoms with Crippen molar-refractivity contribution in [3.05, 3.63) is 0 Å². The van der Waals surface area contributed by atoms with Crippen LogP contribution in [-0.2, 0) is 9.13 Å². The Bertz CT molecular complexity index is 247. The van der Waals surface area contributed by atoms with Gasteiger partial charge in [-0.3, -0.25) is 14.0 Å². The Morgan fingerprint density at radius 3 is 1.28 bits per heavy atom. The van der Waals surface area contributed by atoms with Gasteiger partial charge in [-0.05, 0) is 13.0 Å². The van der Waals surface area contributed by atoms with Crippen LogP contribution in [0.2, 0.25) is 0 Å². The fraction of sp³-hybridized carbons (Fsp3) is 1.00. The summed E-state index contributed by atoms with van der Waals surface area (Å²) in [4.78, 5) is 35.6. The first-order valence-corrected chi connectivity index (χ1v) is 7.55. The van der Waals surface area contributed by atoms with Crippen LogP contribution < -0.4 is 0 Å². The molecular weight excluding hydrogens is 388 g/mol. The molecule has 0 aromatic carbocycles. The second-order valence-corrected chi connectivity index (χ2v) is 6.23. The molecule has 0 atom stereocenters. The van der Waals surface area contributed by atoms with Gasteiger partial charge in [0.2, 0.25) is 0 Å². The van der Waals surface area contributed by atoms with E-state index in [4.69, 9.17) is 19.6 Å². The Labute approximate surface area is 278 Å². The third-order valence-electron chi connectivity index (χ3n) is 1.31. The van der Waals surface area contributed by atoms with Crippen LogP contribution in [0.3, 0.4) is 0 Å². The van der Waals surface area contributed by atoms with E-state index in [-0.39, 0.29) is 212 Å². The molecule has 0 amide bonds. The SMILES string of the molecule is CCCN(CP(=O)(O)O)CP(=O)(O)O.[K].[K].[K].[K]. The molecule has 0 rings (SSSR count). The molecule has 0 aliphatic carbocycles. The summed E-state index contributed by atoms with van der Waals surface area (Å²) in [6, 6.07) is 0. The first-order valence-electron chi connectivity index (χ1n) is 3.95. The summed E-state index contributed by atoms with van der Waals surface area (Å²) in [7, 11) is -8.51. The van der Waals surface area contributed by atoms with Gasteiger partial charge in [-0.1, -0.05) is 6.92 Å². The van der Waals surface area contributed by atoms with Crippen LogP contribution in [0.4, 0.5) is 0 Å². The molecule has 4 N–H and O–H groups in total. The average molecular weight is 404 g/mol. The third-order valence-corrected chi connectivity index (χ3v) is 2.85. The molecule has 4 radical (unpaired) electrons. The molecule has 0 aliphatic heterocycles. The topological polar surface area (TPSA) is 118 Å². The zero-order chi connectivity index (χ0) is 11.4. The molecule has 0 aromatic heterocycles. The minimum Gasteiger partial charge on any atom is -0.324 e. The van der Waals surface area contributed by atoms with Crippen LogP contribution in [-0.4, -0.2) is 249 Å². The van der Waals surface area contributed by atoms with Crippen molar-refractivity contribution in [2.24, 2.45) is 0 Å². The van der Waals surface area contributed by atoms with Gasteiger partial charge in [0, 0.05) is 206 Å². The molecule has 90 valence electrons. The maximum absolute atomic E-state index is 10.6. The van der Waals surface area contributed by atoms with Crippen LogP contribution in [0.1, 0.15) is 13.3 Å². The molecule has 0 aromatic rings. The van der Waals surface area contributed by atoms with Gasteiger partial charge in [0.05, 0.1) is 0 Å². The number of hydrogen-bond acceptors (Lipinski definition) is 3. The Morgan fingerprint density at radius 1 is 0.833 bits per heavy atom. The van der Waals surface area contributed by atoms with Crippen LogP contribution in [0.5, 0.6) is 0 Å². The normalized spacial score (nSPS) is 10.6. The number of hydrogen-bond donors (Lipinski definition) is 4. The van der Waals surface area contributed by atoms with E-state index in [9.17, 15) is 9.13 Å². The molecule has 0 fully saturated rings. The molecule has 0 saturated heterocycles. The van der Waals surface area contributed by atoms with Crippen molar-refractivity contribution >= 4 is 221 Å². The van der Waals surface area contributed by atoms with Gasteiger partial charge in [-0.25, -0.2) is 0 Å². The van der Waals surface area contributed by atoms with E-state index in [0.29, 0.717) is 6.42 Å². The summed E-state index contributed by atoms with van der Waals surface area (Å²) in [5.74, 6) is 0. The Balaban J connectivity index is -0.000000141. The molecule has 13 heteroatoms. The van der Waals surface area contributed by atoms with Crippen LogP contribution in [0, 0.1) is 0 Å². The minimum atomic E-state index is -4.26. The summed E-state index contributed by atoms with van der Waals surface area (Å²) >= 11 is 0. The maximum Gasteiger partial charge on any atom is 0.339 e. The quantitative estimate of drug-likeness (QED) is 0.313. The average Bonchev–Trinajstić information content (AvgIpc) is 1.78. The fourth-order valence-electron chi connectivity index (χ4n) is 1.02. The van der Waals surface area contributed by atoms with E-state index in [1.807, 2.05) is 0 Å². The van der Waals surface area contributed by atoms with E-state index >= 15 is 0 Å². The molecule has 18 heavy (non-hydrogen) atoms. The fourth-order valence-corrected chi connectivity index (χ4v) is 2.71. The maximum atomic E-state index is 10.6. The third kappa shape index (κ3) is 27.6. The van der Waals surface area contributed by atoms with Gasteiger partial charge >= 0.3 is 15.2 Å². The first-order chi connectivity index (χ1) is 6.14. The zero-order valence-corrected chi connectivity index (χ0v) is 26.1. The molecule has 0 heterocycles. The standard InChI is InChI=1S/C5H15NO6P2.4K/c1-2-3-6(4-13(7,8)9)5-14(10,11)12;;;;/h2-5H2,1H3,(H2,7,8,9)(H2,10,11,12);;;;. The Kier molecular flexibility index (Phi) is 37.0. The summed E-state index contributed by atoms with van der Waals surface area (Å²) in [6.07, 6.45) is -0.669.